The molecule has 1 aliphatic rings. The second-order valence-corrected chi connectivity index (χ2v) is 8.27. The van der Waals surface area contributed by atoms with E-state index in [0.29, 0.717) is 24.5 Å². The van der Waals surface area contributed by atoms with Crippen molar-refractivity contribution in [2.45, 2.75) is 30.6 Å². The monoisotopic (exact) mass is 402 g/mol. The largest absolute Gasteiger partial charge is 0.322 e. The molecule has 0 atom stereocenters. The normalized spacial score (nSPS) is 14.7. The van der Waals surface area contributed by atoms with Crippen LogP contribution in [0.5, 0.6) is 0 Å². The van der Waals surface area contributed by atoms with Crippen molar-refractivity contribution in [2.75, 3.05) is 11.9 Å². The van der Waals surface area contributed by atoms with Crippen LogP contribution in [0.1, 0.15) is 36.0 Å². The van der Waals surface area contributed by atoms with Gasteiger partial charge < -0.3 is 9.88 Å². The zero-order chi connectivity index (χ0) is 20.1. The van der Waals surface area contributed by atoms with Crippen LogP contribution in [0.4, 0.5) is 5.69 Å². The highest BCUT2D eigenvalue weighted by atomic mass is 32.2. The van der Waals surface area contributed by atoms with Crippen molar-refractivity contribution in [3.05, 3.63) is 58.5 Å². The molecule has 0 saturated heterocycles. The molecule has 1 aromatic carbocycles. The Kier molecular flexibility index (Phi) is 5.93. The second-order valence-electron chi connectivity index (χ2n) is 6.59. The summed E-state index contributed by atoms with van der Waals surface area (Å²) >= 11 is 0. The van der Waals surface area contributed by atoms with Gasteiger partial charge in [0.15, 0.2) is 0 Å². The lowest BCUT2D eigenvalue weighted by molar-refractivity contribution is 0.102. The van der Waals surface area contributed by atoms with E-state index in [2.05, 4.69) is 15.0 Å². The number of hydrogen-bond donors (Lipinski definition) is 2. The van der Waals surface area contributed by atoms with Gasteiger partial charge in [-0.3, -0.25) is 19.3 Å². The summed E-state index contributed by atoms with van der Waals surface area (Å²) in [5.41, 5.74) is 0.205. The third-order valence-corrected chi connectivity index (χ3v) is 5.77. The van der Waals surface area contributed by atoms with Crippen LogP contribution in [0.15, 0.2) is 57.3 Å². The van der Waals surface area contributed by atoms with Gasteiger partial charge in [0.05, 0.1) is 4.90 Å². The first-order valence-corrected chi connectivity index (χ1v) is 10.5. The van der Waals surface area contributed by atoms with Crippen molar-refractivity contribution in [1.82, 2.24) is 9.29 Å². The number of anilines is 1. The Morgan fingerprint density at radius 2 is 1.96 bits per heavy atom. The van der Waals surface area contributed by atoms with Gasteiger partial charge in [-0.1, -0.05) is 12.5 Å². The highest BCUT2D eigenvalue weighted by Gasteiger charge is 2.18. The molecule has 2 aromatic rings. The van der Waals surface area contributed by atoms with Crippen LogP contribution in [-0.2, 0) is 17.1 Å². The van der Waals surface area contributed by atoms with Gasteiger partial charge in [-0.05, 0) is 37.1 Å². The SMILES string of the molecule is Cn1ccc(C(=O)Nc2cccc(S(=O)(=O)NC3=NCCCCC3)c2)cc1=O. The van der Waals surface area contributed by atoms with Crippen LogP contribution >= 0.6 is 0 Å². The summed E-state index contributed by atoms with van der Waals surface area (Å²) < 4.78 is 29.2. The summed E-state index contributed by atoms with van der Waals surface area (Å²) in [6.45, 7) is 0.616. The van der Waals surface area contributed by atoms with Crippen LogP contribution in [0, 0.1) is 0 Å². The molecule has 0 fully saturated rings. The Labute approximate surface area is 163 Å². The van der Waals surface area contributed by atoms with E-state index in [0.717, 1.165) is 19.3 Å². The molecule has 3 rings (SSSR count). The fourth-order valence-electron chi connectivity index (χ4n) is 2.81. The minimum atomic E-state index is -3.80. The van der Waals surface area contributed by atoms with E-state index < -0.39 is 15.9 Å². The Hall–Kier alpha value is -2.94. The van der Waals surface area contributed by atoms with Crippen molar-refractivity contribution in [1.29, 1.82) is 0 Å². The van der Waals surface area contributed by atoms with Gasteiger partial charge >= 0.3 is 0 Å². The number of nitrogens with zero attached hydrogens (tertiary/aromatic N) is 2. The van der Waals surface area contributed by atoms with Crippen LogP contribution < -0.4 is 15.6 Å². The average Bonchev–Trinajstić information content (AvgIpc) is 2.92. The van der Waals surface area contributed by atoms with Crippen molar-refractivity contribution in [3.63, 3.8) is 0 Å². The van der Waals surface area contributed by atoms with Gasteiger partial charge in [0, 0.05) is 43.5 Å². The number of aromatic nitrogens is 1. The standard InChI is InChI=1S/C19H22N4O4S/c1-23-11-9-14(12-18(23)24)19(25)21-15-6-5-7-16(13-15)28(26,27)22-17-8-3-2-4-10-20-17/h5-7,9,11-13H,2-4,8,10H2,1H3,(H,20,22)(H,21,25). The molecular formula is C19H22N4O4S. The Bertz CT molecular complexity index is 1070. The van der Waals surface area contributed by atoms with E-state index in [-0.39, 0.29) is 16.0 Å². The van der Waals surface area contributed by atoms with Gasteiger partial charge in [0.2, 0.25) is 0 Å². The van der Waals surface area contributed by atoms with Crippen molar-refractivity contribution >= 4 is 27.5 Å². The minimum absolute atomic E-state index is 0.0289. The van der Waals surface area contributed by atoms with Crippen molar-refractivity contribution in [2.24, 2.45) is 12.0 Å². The number of rotatable bonds is 4. The predicted molar refractivity (Wildman–Crippen MR) is 107 cm³/mol. The lowest BCUT2D eigenvalue weighted by atomic mass is 10.2. The number of aryl methyl sites for hydroxylation is 1. The van der Waals surface area contributed by atoms with Crippen LogP contribution in [0.25, 0.3) is 0 Å². The molecule has 9 heteroatoms. The molecule has 0 aliphatic carbocycles. The molecule has 0 unspecified atom stereocenters. The molecular weight excluding hydrogens is 380 g/mol. The van der Waals surface area contributed by atoms with E-state index in [9.17, 15) is 18.0 Å². The quantitative estimate of drug-likeness (QED) is 0.814. The van der Waals surface area contributed by atoms with Crippen LogP contribution in [-0.4, -0.2) is 31.3 Å². The number of sulfonamides is 1. The summed E-state index contributed by atoms with van der Waals surface area (Å²) in [4.78, 5) is 28.3. The van der Waals surface area contributed by atoms with Gasteiger partial charge in [0.1, 0.15) is 5.84 Å². The summed E-state index contributed by atoms with van der Waals surface area (Å²) in [6.07, 6.45) is 4.97. The molecule has 28 heavy (non-hydrogen) atoms. The number of carbonyl (C=O) groups is 1. The zero-order valence-corrected chi connectivity index (χ0v) is 16.3. The maximum atomic E-state index is 12.7. The number of pyridine rings is 1. The zero-order valence-electron chi connectivity index (χ0n) is 15.5. The molecule has 0 radical (unpaired) electrons. The average molecular weight is 402 g/mol. The lowest BCUT2D eigenvalue weighted by Gasteiger charge is -2.11. The van der Waals surface area contributed by atoms with Crippen molar-refractivity contribution < 1.29 is 13.2 Å². The summed E-state index contributed by atoms with van der Waals surface area (Å²) in [5, 5.41) is 2.62. The highest BCUT2D eigenvalue weighted by molar-refractivity contribution is 7.90. The summed E-state index contributed by atoms with van der Waals surface area (Å²) in [5.74, 6) is -0.0274. The molecule has 2 heterocycles. The smallest absolute Gasteiger partial charge is 0.262 e. The first-order valence-electron chi connectivity index (χ1n) is 8.99. The van der Waals surface area contributed by atoms with Gasteiger partial charge in [-0.25, -0.2) is 8.42 Å². The second kappa shape index (κ2) is 8.39. The molecule has 1 aliphatic heterocycles. The van der Waals surface area contributed by atoms with Gasteiger partial charge in [0.25, 0.3) is 21.5 Å². The van der Waals surface area contributed by atoms with Crippen LogP contribution in [0.2, 0.25) is 0 Å². The molecule has 1 aromatic heterocycles. The molecule has 0 spiro atoms. The van der Waals surface area contributed by atoms with Gasteiger partial charge in [-0.2, -0.15) is 0 Å². The number of nitrogens with one attached hydrogen (secondary N) is 2. The van der Waals surface area contributed by atoms with Crippen LogP contribution in [0.3, 0.4) is 0 Å². The molecule has 0 bridgehead atoms. The Morgan fingerprint density at radius 3 is 2.75 bits per heavy atom. The molecule has 1 amide bonds. The fourth-order valence-corrected chi connectivity index (χ4v) is 3.94. The first-order chi connectivity index (χ1) is 13.3. The number of hydrogen-bond acceptors (Lipinski definition) is 5. The molecule has 2 N–H and O–H groups in total. The summed E-state index contributed by atoms with van der Waals surface area (Å²) in [7, 11) is -2.21. The highest BCUT2D eigenvalue weighted by Crippen LogP contribution is 2.17. The maximum Gasteiger partial charge on any atom is 0.262 e. The predicted octanol–water partition coefficient (Wildman–Crippen LogP) is 1.89. The number of amides is 1. The van der Waals surface area contributed by atoms with Gasteiger partial charge in [-0.15, -0.1) is 0 Å². The molecule has 148 valence electrons. The van der Waals surface area contributed by atoms with Crippen molar-refractivity contribution in [3.8, 4) is 0 Å². The summed E-state index contributed by atoms with van der Waals surface area (Å²) in [6, 6.07) is 8.70. The number of aliphatic imine (C=N–C) groups is 1. The van der Waals surface area contributed by atoms with E-state index in [1.165, 1.54) is 35.0 Å². The number of amidine groups is 1. The van der Waals surface area contributed by atoms with E-state index in [1.807, 2.05) is 0 Å². The Morgan fingerprint density at radius 1 is 1.14 bits per heavy atom. The first kappa shape index (κ1) is 19.8. The Balaban J connectivity index is 1.77. The molecule has 0 saturated carbocycles. The fraction of sp³-hybridized carbons (Fsp3) is 0.316. The minimum Gasteiger partial charge on any atom is -0.322 e. The number of benzene rings is 1. The lowest BCUT2D eigenvalue weighted by Crippen LogP contribution is -2.30. The third kappa shape index (κ3) is 4.86. The molecule has 8 nitrogen and oxygen atoms in total. The number of carbonyl (C=O) groups excluding carboxylic acids is 1. The third-order valence-electron chi connectivity index (χ3n) is 4.40. The topological polar surface area (TPSA) is 110 Å². The maximum absolute atomic E-state index is 12.7. The van der Waals surface area contributed by atoms with E-state index in [4.69, 9.17) is 0 Å². The van der Waals surface area contributed by atoms with E-state index in [1.54, 1.807) is 19.2 Å². The van der Waals surface area contributed by atoms with E-state index >= 15 is 0 Å².